The number of carbonyl (C=O) groups excluding carboxylic acids is 1. The Hall–Kier alpha value is -1.98. The van der Waals surface area contributed by atoms with Gasteiger partial charge >= 0.3 is 6.03 Å². The number of urea groups is 1. The molecule has 2 amide bonds. The summed E-state index contributed by atoms with van der Waals surface area (Å²) in [7, 11) is 0. The Balaban J connectivity index is 1.68. The topological polar surface area (TPSA) is 60.2 Å². The van der Waals surface area contributed by atoms with Gasteiger partial charge in [-0.3, -0.25) is 0 Å². The van der Waals surface area contributed by atoms with E-state index in [-0.39, 0.29) is 18.1 Å². The fraction of sp³-hybridized carbons (Fsp3) is 0.421. The lowest BCUT2D eigenvalue weighted by Crippen LogP contribution is -2.52. The van der Waals surface area contributed by atoms with Gasteiger partial charge in [0.2, 0.25) is 0 Å². The number of rotatable bonds is 3. The fourth-order valence-electron chi connectivity index (χ4n) is 4.01. The van der Waals surface area contributed by atoms with Crippen LogP contribution in [0.1, 0.15) is 25.0 Å². The lowest BCUT2D eigenvalue weighted by molar-refractivity contribution is 0.200. The molecule has 5 nitrogen and oxygen atoms in total. The molecule has 2 atom stereocenters. The molecule has 132 valence electrons. The van der Waals surface area contributed by atoms with E-state index in [0.29, 0.717) is 13.1 Å². The minimum Gasteiger partial charge on any atom is -0.345 e. The molecule has 0 spiro atoms. The summed E-state index contributed by atoms with van der Waals surface area (Å²) in [6.07, 6.45) is 3.08. The molecule has 0 saturated heterocycles. The highest BCUT2D eigenvalue weighted by atomic mass is 35.5. The Morgan fingerprint density at radius 1 is 1.36 bits per heavy atom. The Kier molecular flexibility index (Phi) is 4.21. The summed E-state index contributed by atoms with van der Waals surface area (Å²) in [5, 5.41) is 8.66. The van der Waals surface area contributed by atoms with Crippen LogP contribution in [0.25, 0.3) is 16.5 Å². The molecule has 0 bridgehead atoms. The summed E-state index contributed by atoms with van der Waals surface area (Å²) >= 11 is 6.40. The second-order valence-electron chi connectivity index (χ2n) is 6.66. The van der Waals surface area contributed by atoms with Gasteiger partial charge in [-0.05, 0) is 43.0 Å². The molecule has 1 aliphatic carbocycles. The summed E-state index contributed by atoms with van der Waals surface area (Å²) in [4.78, 5) is 17.4. The van der Waals surface area contributed by atoms with E-state index in [0.717, 1.165) is 23.6 Å². The average molecular weight is 359 g/mol. The predicted octanol–water partition coefficient (Wildman–Crippen LogP) is 3.15. The molecule has 6 heteroatoms. The van der Waals surface area contributed by atoms with Crippen molar-refractivity contribution in [3.8, 4) is 0 Å². The van der Waals surface area contributed by atoms with Crippen LogP contribution in [0.15, 0.2) is 24.3 Å². The summed E-state index contributed by atoms with van der Waals surface area (Å²) in [6, 6.07) is 6.48. The van der Waals surface area contributed by atoms with Crippen molar-refractivity contribution in [1.82, 2.24) is 20.5 Å². The van der Waals surface area contributed by atoms with E-state index in [1.165, 1.54) is 22.1 Å². The van der Waals surface area contributed by atoms with E-state index in [1.807, 2.05) is 13.8 Å². The number of halogens is 1. The smallest absolute Gasteiger partial charge is 0.317 e. The largest absolute Gasteiger partial charge is 0.345 e. The van der Waals surface area contributed by atoms with E-state index >= 15 is 0 Å². The number of amides is 2. The molecule has 1 aromatic heterocycles. The molecular formula is C19H23ClN4O. The van der Waals surface area contributed by atoms with E-state index in [9.17, 15) is 4.79 Å². The standard InChI is InChI=1S/C19H23ClN4O/c1-3-24(4-2)19(25)22-11-8-13-12-6-5-7-15-17(12)14(18(20)23-15)9-16(13)21-10-11/h5-8,11,16,21,23H,3-4,9-10H2,1-2H3,(H,22,25)/t11-,16+/m0/s1. The summed E-state index contributed by atoms with van der Waals surface area (Å²) in [5.74, 6) is 0. The van der Waals surface area contributed by atoms with Crippen LogP contribution in [0.4, 0.5) is 4.79 Å². The van der Waals surface area contributed by atoms with Crippen LogP contribution in [-0.4, -0.2) is 47.6 Å². The maximum Gasteiger partial charge on any atom is 0.317 e. The van der Waals surface area contributed by atoms with Crippen LogP contribution in [0.5, 0.6) is 0 Å². The summed E-state index contributed by atoms with van der Waals surface area (Å²) in [6.45, 7) is 6.15. The zero-order valence-corrected chi connectivity index (χ0v) is 15.3. The van der Waals surface area contributed by atoms with Crippen molar-refractivity contribution in [1.29, 1.82) is 0 Å². The minimum absolute atomic E-state index is 0.00787. The van der Waals surface area contributed by atoms with Crippen molar-refractivity contribution in [2.24, 2.45) is 0 Å². The number of carbonyl (C=O) groups is 1. The molecule has 3 N–H and O–H groups in total. The van der Waals surface area contributed by atoms with Crippen molar-refractivity contribution in [2.75, 3.05) is 19.6 Å². The fourth-order valence-corrected chi connectivity index (χ4v) is 4.28. The lowest BCUT2D eigenvalue weighted by Gasteiger charge is -2.34. The van der Waals surface area contributed by atoms with Gasteiger partial charge in [0.25, 0.3) is 0 Å². The van der Waals surface area contributed by atoms with Gasteiger partial charge in [0, 0.05) is 36.6 Å². The molecule has 0 saturated carbocycles. The van der Waals surface area contributed by atoms with Gasteiger partial charge in [-0.15, -0.1) is 0 Å². The third kappa shape index (κ3) is 2.71. The van der Waals surface area contributed by atoms with Crippen LogP contribution in [0.2, 0.25) is 5.15 Å². The van der Waals surface area contributed by atoms with E-state index < -0.39 is 0 Å². The van der Waals surface area contributed by atoms with Crippen LogP contribution in [0.3, 0.4) is 0 Å². The molecular weight excluding hydrogens is 336 g/mol. The molecule has 2 heterocycles. The van der Waals surface area contributed by atoms with Gasteiger partial charge in [0.15, 0.2) is 0 Å². The number of nitrogens with one attached hydrogen (secondary N) is 3. The van der Waals surface area contributed by atoms with Gasteiger partial charge in [0.1, 0.15) is 5.15 Å². The molecule has 1 aliphatic heterocycles. The quantitative estimate of drug-likeness (QED) is 0.789. The highest BCUT2D eigenvalue weighted by Gasteiger charge is 2.32. The highest BCUT2D eigenvalue weighted by molar-refractivity contribution is 6.32. The number of hydrogen-bond acceptors (Lipinski definition) is 2. The van der Waals surface area contributed by atoms with Crippen LogP contribution in [0, 0.1) is 0 Å². The number of benzene rings is 1. The van der Waals surface area contributed by atoms with Gasteiger partial charge < -0.3 is 20.5 Å². The molecule has 0 radical (unpaired) electrons. The maximum atomic E-state index is 12.4. The SMILES string of the molecule is CCN(CC)C(=O)N[C@H]1C=C2c3cccc4[nH]c(Cl)c(c34)C[C@H]2NC1. The first-order valence-corrected chi connectivity index (χ1v) is 9.30. The molecule has 0 fully saturated rings. The second kappa shape index (κ2) is 6.39. The van der Waals surface area contributed by atoms with Crippen molar-refractivity contribution in [2.45, 2.75) is 32.4 Å². The van der Waals surface area contributed by atoms with E-state index in [4.69, 9.17) is 11.6 Å². The van der Waals surface area contributed by atoms with Crippen LogP contribution >= 0.6 is 11.6 Å². The molecule has 0 unspecified atom stereocenters. The maximum absolute atomic E-state index is 12.4. The Labute approximate surface area is 152 Å². The monoisotopic (exact) mass is 358 g/mol. The van der Waals surface area contributed by atoms with Crippen molar-refractivity contribution < 1.29 is 4.79 Å². The number of nitrogens with zero attached hydrogens (tertiary/aromatic N) is 1. The van der Waals surface area contributed by atoms with Gasteiger partial charge in [-0.1, -0.05) is 29.8 Å². The second-order valence-corrected chi connectivity index (χ2v) is 7.04. The van der Waals surface area contributed by atoms with Gasteiger partial charge in [-0.2, -0.15) is 0 Å². The molecule has 2 aromatic rings. The first kappa shape index (κ1) is 16.5. The number of H-pyrrole nitrogens is 1. The summed E-state index contributed by atoms with van der Waals surface area (Å²) < 4.78 is 0. The molecule has 2 aliphatic rings. The minimum atomic E-state index is -0.00873. The average Bonchev–Trinajstić information content (AvgIpc) is 2.93. The van der Waals surface area contributed by atoms with Crippen LogP contribution in [-0.2, 0) is 6.42 Å². The Morgan fingerprint density at radius 2 is 2.16 bits per heavy atom. The van der Waals surface area contributed by atoms with Crippen molar-refractivity contribution in [3.63, 3.8) is 0 Å². The third-order valence-corrected chi connectivity index (χ3v) is 5.62. The van der Waals surface area contributed by atoms with Crippen molar-refractivity contribution in [3.05, 3.63) is 40.6 Å². The van der Waals surface area contributed by atoms with Gasteiger partial charge in [0.05, 0.1) is 6.04 Å². The highest BCUT2D eigenvalue weighted by Crippen LogP contribution is 2.40. The molecule has 25 heavy (non-hydrogen) atoms. The van der Waals surface area contributed by atoms with Crippen molar-refractivity contribution >= 4 is 34.1 Å². The molecule has 1 aromatic carbocycles. The predicted molar refractivity (Wildman–Crippen MR) is 102 cm³/mol. The molecule has 4 rings (SSSR count). The summed E-state index contributed by atoms with van der Waals surface area (Å²) in [5.41, 5.74) is 4.73. The van der Waals surface area contributed by atoms with Gasteiger partial charge in [-0.25, -0.2) is 4.79 Å². The zero-order valence-electron chi connectivity index (χ0n) is 14.5. The number of aromatic nitrogens is 1. The Bertz CT molecular complexity index is 852. The third-order valence-electron chi connectivity index (χ3n) is 5.29. The Morgan fingerprint density at radius 3 is 2.92 bits per heavy atom. The van der Waals surface area contributed by atoms with E-state index in [2.05, 4.69) is 39.9 Å². The lowest BCUT2D eigenvalue weighted by atomic mass is 9.82. The zero-order chi connectivity index (χ0) is 17.6. The van der Waals surface area contributed by atoms with Crippen LogP contribution < -0.4 is 10.6 Å². The number of aromatic amines is 1. The first-order chi connectivity index (χ1) is 12.1. The van der Waals surface area contributed by atoms with E-state index in [1.54, 1.807) is 4.90 Å². The normalized spacial score (nSPS) is 21.6. The number of fused-ring (bicyclic) bond motifs is 2. The first-order valence-electron chi connectivity index (χ1n) is 8.92. The number of hydrogen-bond donors (Lipinski definition) is 3.